The van der Waals surface area contributed by atoms with Crippen LogP contribution >= 0.6 is 0 Å². The highest BCUT2D eigenvalue weighted by atomic mass is 19.1. The van der Waals surface area contributed by atoms with Gasteiger partial charge in [0.2, 0.25) is 0 Å². The first-order valence-corrected chi connectivity index (χ1v) is 8.54. The largest absolute Gasteiger partial charge is 0.494 e. The van der Waals surface area contributed by atoms with Crippen molar-refractivity contribution in [3.63, 3.8) is 0 Å². The van der Waals surface area contributed by atoms with Crippen LogP contribution in [0.2, 0.25) is 0 Å². The van der Waals surface area contributed by atoms with Gasteiger partial charge in [0, 0.05) is 5.56 Å². The van der Waals surface area contributed by atoms with Gasteiger partial charge >= 0.3 is 0 Å². The van der Waals surface area contributed by atoms with Gasteiger partial charge in [-0.3, -0.25) is 4.79 Å². The van der Waals surface area contributed by atoms with Gasteiger partial charge in [0.05, 0.1) is 26.4 Å². The molecule has 0 heterocycles. The summed E-state index contributed by atoms with van der Waals surface area (Å²) in [6.07, 6.45) is 0. The summed E-state index contributed by atoms with van der Waals surface area (Å²) in [7, 11) is 1.38. The van der Waals surface area contributed by atoms with E-state index in [1.165, 1.54) is 19.2 Å². The molecule has 1 atom stereocenters. The van der Waals surface area contributed by atoms with Crippen LogP contribution in [0.25, 0.3) is 0 Å². The summed E-state index contributed by atoms with van der Waals surface area (Å²) in [6, 6.07) is 9.35. The minimum absolute atomic E-state index is 0.0995. The second kappa shape index (κ2) is 9.08. The molecule has 0 fully saturated rings. The number of amides is 1. The highest BCUT2D eigenvalue weighted by Gasteiger charge is 2.16. The van der Waals surface area contributed by atoms with Crippen molar-refractivity contribution < 1.29 is 23.4 Å². The topological polar surface area (TPSA) is 56.8 Å². The third kappa shape index (κ3) is 4.65. The molecule has 1 unspecified atom stereocenters. The summed E-state index contributed by atoms with van der Waals surface area (Å²) < 4.78 is 29.8. The molecule has 2 aromatic rings. The molecule has 26 heavy (non-hydrogen) atoms. The summed E-state index contributed by atoms with van der Waals surface area (Å²) in [4.78, 5) is 12.4. The van der Waals surface area contributed by atoms with Gasteiger partial charge in [-0.2, -0.15) is 0 Å². The molecule has 1 N–H and O–H groups in total. The molecule has 1 amide bonds. The second-order valence-electron chi connectivity index (χ2n) is 5.62. The number of ether oxygens (including phenoxy) is 3. The molecular formula is C20H24FNO4. The first-order chi connectivity index (χ1) is 12.5. The number of rotatable bonds is 8. The van der Waals surface area contributed by atoms with Crippen molar-refractivity contribution in [2.45, 2.75) is 26.8 Å². The number of benzene rings is 2. The van der Waals surface area contributed by atoms with E-state index < -0.39 is 5.82 Å². The second-order valence-corrected chi connectivity index (χ2v) is 5.62. The molecule has 0 spiro atoms. The summed E-state index contributed by atoms with van der Waals surface area (Å²) in [5, 5.41) is 2.86. The van der Waals surface area contributed by atoms with Gasteiger partial charge in [-0.05, 0) is 56.7 Å². The Balaban J connectivity index is 2.15. The van der Waals surface area contributed by atoms with E-state index in [0.717, 1.165) is 11.6 Å². The highest BCUT2D eigenvalue weighted by Crippen LogP contribution is 2.31. The standard InChI is InChI=1S/C20H24FNO4/c1-5-25-18-10-7-14(12-19(18)26-6-2)13(3)22-20(23)15-8-9-17(24-4)16(21)11-15/h7-13H,5-6H2,1-4H3,(H,22,23). The van der Waals surface area contributed by atoms with Crippen molar-refractivity contribution in [3.8, 4) is 17.2 Å². The van der Waals surface area contributed by atoms with E-state index >= 15 is 0 Å². The van der Waals surface area contributed by atoms with Crippen molar-refractivity contribution in [3.05, 3.63) is 53.3 Å². The smallest absolute Gasteiger partial charge is 0.251 e. The summed E-state index contributed by atoms with van der Waals surface area (Å²) >= 11 is 0. The van der Waals surface area contributed by atoms with E-state index in [9.17, 15) is 9.18 Å². The molecule has 2 aromatic carbocycles. The summed E-state index contributed by atoms with van der Waals surface area (Å²) in [5.41, 5.74) is 1.09. The molecule has 2 rings (SSSR count). The zero-order valence-corrected chi connectivity index (χ0v) is 15.5. The fraction of sp³-hybridized carbons (Fsp3) is 0.350. The molecule has 0 aliphatic carbocycles. The Hall–Kier alpha value is -2.76. The van der Waals surface area contributed by atoms with Gasteiger partial charge in [0.25, 0.3) is 5.91 Å². The van der Waals surface area contributed by atoms with E-state index in [-0.39, 0.29) is 23.3 Å². The van der Waals surface area contributed by atoms with Crippen molar-refractivity contribution in [1.29, 1.82) is 0 Å². The Morgan fingerprint density at radius 3 is 2.31 bits per heavy atom. The van der Waals surface area contributed by atoms with Crippen LogP contribution in [-0.2, 0) is 0 Å². The van der Waals surface area contributed by atoms with Gasteiger partial charge in [-0.1, -0.05) is 6.07 Å². The SMILES string of the molecule is CCOc1ccc(C(C)NC(=O)c2ccc(OC)c(F)c2)cc1OCC. The van der Waals surface area contributed by atoms with E-state index in [4.69, 9.17) is 14.2 Å². The van der Waals surface area contributed by atoms with Crippen LogP contribution in [0.1, 0.15) is 42.7 Å². The Labute approximate surface area is 153 Å². The van der Waals surface area contributed by atoms with Gasteiger partial charge in [-0.15, -0.1) is 0 Å². The highest BCUT2D eigenvalue weighted by molar-refractivity contribution is 5.94. The third-order valence-electron chi connectivity index (χ3n) is 3.83. The minimum atomic E-state index is -0.576. The lowest BCUT2D eigenvalue weighted by molar-refractivity contribution is 0.0939. The molecule has 0 bridgehead atoms. The van der Waals surface area contributed by atoms with Crippen molar-refractivity contribution in [2.75, 3.05) is 20.3 Å². The molecule has 6 heteroatoms. The number of nitrogens with one attached hydrogen (secondary N) is 1. The lowest BCUT2D eigenvalue weighted by atomic mass is 10.1. The van der Waals surface area contributed by atoms with Crippen molar-refractivity contribution in [2.24, 2.45) is 0 Å². The van der Waals surface area contributed by atoms with Crippen LogP contribution in [-0.4, -0.2) is 26.2 Å². The van der Waals surface area contributed by atoms with E-state index in [1.54, 1.807) is 0 Å². The van der Waals surface area contributed by atoms with E-state index in [0.29, 0.717) is 24.7 Å². The zero-order chi connectivity index (χ0) is 19.1. The lowest BCUT2D eigenvalue weighted by Crippen LogP contribution is -2.26. The molecule has 0 radical (unpaired) electrons. The predicted octanol–water partition coefficient (Wildman–Crippen LogP) is 4.12. The van der Waals surface area contributed by atoms with Crippen molar-refractivity contribution in [1.82, 2.24) is 5.32 Å². The quantitative estimate of drug-likeness (QED) is 0.768. The van der Waals surface area contributed by atoms with Gasteiger partial charge in [0.15, 0.2) is 23.1 Å². The van der Waals surface area contributed by atoms with Crippen LogP contribution in [0.15, 0.2) is 36.4 Å². The summed E-state index contributed by atoms with van der Waals surface area (Å²) in [6.45, 7) is 6.69. The minimum Gasteiger partial charge on any atom is -0.494 e. The number of halogens is 1. The maximum absolute atomic E-state index is 13.8. The molecule has 0 aliphatic rings. The molecular weight excluding hydrogens is 337 g/mol. The first-order valence-electron chi connectivity index (χ1n) is 8.54. The van der Waals surface area contributed by atoms with Gasteiger partial charge < -0.3 is 19.5 Å². The molecule has 140 valence electrons. The average Bonchev–Trinajstić information content (AvgIpc) is 2.63. The molecule has 0 aromatic heterocycles. The third-order valence-corrected chi connectivity index (χ3v) is 3.83. The predicted molar refractivity (Wildman–Crippen MR) is 97.6 cm³/mol. The maximum atomic E-state index is 13.8. The van der Waals surface area contributed by atoms with Gasteiger partial charge in [0.1, 0.15) is 0 Å². The Morgan fingerprint density at radius 2 is 1.69 bits per heavy atom. The Bertz CT molecular complexity index is 763. The lowest BCUT2D eigenvalue weighted by Gasteiger charge is -2.17. The molecule has 0 saturated carbocycles. The first kappa shape index (κ1) is 19.6. The zero-order valence-electron chi connectivity index (χ0n) is 15.5. The van der Waals surface area contributed by atoms with E-state index in [1.807, 2.05) is 39.0 Å². The number of hydrogen-bond donors (Lipinski definition) is 1. The Morgan fingerprint density at radius 1 is 1.04 bits per heavy atom. The van der Waals surface area contributed by atoms with Gasteiger partial charge in [-0.25, -0.2) is 4.39 Å². The molecule has 5 nitrogen and oxygen atoms in total. The fourth-order valence-corrected chi connectivity index (χ4v) is 2.51. The number of carbonyl (C=O) groups excluding carboxylic acids is 1. The maximum Gasteiger partial charge on any atom is 0.251 e. The number of carbonyl (C=O) groups is 1. The molecule has 0 aliphatic heterocycles. The van der Waals surface area contributed by atoms with Crippen LogP contribution in [0.4, 0.5) is 4.39 Å². The normalized spacial score (nSPS) is 11.6. The Kier molecular flexibility index (Phi) is 6.83. The van der Waals surface area contributed by atoms with E-state index in [2.05, 4.69) is 5.32 Å². The van der Waals surface area contributed by atoms with Crippen molar-refractivity contribution >= 4 is 5.91 Å². The monoisotopic (exact) mass is 361 g/mol. The fourth-order valence-electron chi connectivity index (χ4n) is 2.51. The number of methoxy groups -OCH3 is 1. The average molecular weight is 361 g/mol. The van der Waals surface area contributed by atoms with Crippen LogP contribution in [0, 0.1) is 5.82 Å². The molecule has 0 saturated heterocycles. The van der Waals surface area contributed by atoms with Crippen LogP contribution in [0.5, 0.6) is 17.2 Å². The summed E-state index contributed by atoms with van der Waals surface area (Å²) in [5.74, 6) is 0.443. The van der Waals surface area contributed by atoms with Crippen LogP contribution < -0.4 is 19.5 Å². The van der Waals surface area contributed by atoms with Crippen LogP contribution in [0.3, 0.4) is 0 Å². The number of hydrogen-bond acceptors (Lipinski definition) is 4.